The number of rotatable bonds is 5. The quantitative estimate of drug-likeness (QED) is 0.584. The van der Waals surface area contributed by atoms with Gasteiger partial charge in [0.05, 0.1) is 0 Å². The van der Waals surface area contributed by atoms with Crippen LogP contribution in [0.5, 0.6) is 0 Å². The molecule has 0 fully saturated rings. The van der Waals surface area contributed by atoms with Crippen LogP contribution in [0.15, 0.2) is 12.2 Å². The Hall–Kier alpha value is -0.300. The minimum atomic E-state index is 0.680. The standard InChI is InChI=1S/C9H19N/c1-8(2)5-4-6-9(3)7-10/h9H,1,4-7,10H2,2-3H3. The zero-order chi connectivity index (χ0) is 7.98. The molecular weight excluding hydrogens is 122 g/mol. The van der Waals surface area contributed by atoms with E-state index in [0.29, 0.717) is 5.92 Å². The summed E-state index contributed by atoms with van der Waals surface area (Å²) in [5.41, 5.74) is 6.75. The summed E-state index contributed by atoms with van der Waals surface area (Å²) in [6.45, 7) is 8.93. The lowest BCUT2D eigenvalue weighted by atomic mass is 10.0. The summed E-state index contributed by atoms with van der Waals surface area (Å²) in [7, 11) is 0. The second-order valence-electron chi connectivity index (χ2n) is 3.19. The van der Waals surface area contributed by atoms with Gasteiger partial charge in [-0.3, -0.25) is 0 Å². The molecule has 1 heteroatoms. The lowest BCUT2D eigenvalue weighted by Gasteiger charge is -2.06. The Morgan fingerprint density at radius 3 is 2.60 bits per heavy atom. The van der Waals surface area contributed by atoms with Crippen molar-refractivity contribution >= 4 is 0 Å². The highest BCUT2D eigenvalue weighted by Gasteiger charge is 1.97. The summed E-state index contributed by atoms with van der Waals surface area (Å²) in [5.74, 6) is 0.680. The fourth-order valence-electron chi connectivity index (χ4n) is 0.870. The SMILES string of the molecule is C=C(C)CCCC(C)CN. The number of allylic oxidation sites excluding steroid dienone is 1. The zero-order valence-electron chi connectivity index (χ0n) is 7.19. The van der Waals surface area contributed by atoms with Crippen LogP contribution in [-0.4, -0.2) is 6.54 Å². The van der Waals surface area contributed by atoms with Crippen molar-refractivity contribution in [1.82, 2.24) is 0 Å². The monoisotopic (exact) mass is 141 g/mol. The van der Waals surface area contributed by atoms with Crippen molar-refractivity contribution < 1.29 is 0 Å². The van der Waals surface area contributed by atoms with Crippen molar-refractivity contribution in [2.45, 2.75) is 33.1 Å². The van der Waals surface area contributed by atoms with Crippen molar-refractivity contribution in [3.8, 4) is 0 Å². The molecule has 0 bridgehead atoms. The maximum absolute atomic E-state index is 5.47. The van der Waals surface area contributed by atoms with E-state index in [1.807, 2.05) is 0 Å². The van der Waals surface area contributed by atoms with Crippen molar-refractivity contribution in [2.75, 3.05) is 6.54 Å². The van der Waals surface area contributed by atoms with E-state index < -0.39 is 0 Å². The van der Waals surface area contributed by atoms with Crippen molar-refractivity contribution in [1.29, 1.82) is 0 Å². The van der Waals surface area contributed by atoms with E-state index in [1.165, 1.54) is 18.4 Å². The van der Waals surface area contributed by atoms with E-state index in [2.05, 4.69) is 20.4 Å². The summed E-state index contributed by atoms with van der Waals surface area (Å²) in [5, 5.41) is 0. The van der Waals surface area contributed by atoms with Crippen LogP contribution in [0.4, 0.5) is 0 Å². The molecule has 10 heavy (non-hydrogen) atoms. The van der Waals surface area contributed by atoms with Gasteiger partial charge in [-0.2, -0.15) is 0 Å². The van der Waals surface area contributed by atoms with Gasteiger partial charge in [-0.05, 0) is 38.6 Å². The Balaban J connectivity index is 3.11. The smallest absolute Gasteiger partial charge is 0.00515 e. The molecule has 60 valence electrons. The van der Waals surface area contributed by atoms with Crippen LogP contribution >= 0.6 is 0 Å². The summed E-state index contributed by atoms with van der Waals surface area (Å²) >= 11 is 0. The maximum atomic E-state index is 5.47. The van der Waals surface area contributed by atoms with E-state index in [-0.39, 0.29) is 0 Å². The molecule has 2 N–H and O–H groups in total. The summed E-state index contributed by atoms with van der Waals surface area (Å²) in [6.07, 6.45) is 3.64. The van der Waals surface area contributed by atoms with Gasteiger partial charge >= 0.3 is 0 Å². The fraction of sp³-hybridized carbons (Fsp3) is 0.778. The first-order valence-electron chi connectivity index (χ1n) is 4.01. The van der Waals surface area contributed by atoms with Crippen molar-refractivity contribution in [3.05, 3.63) is 12.2 Å². The highest BCUT2D eigenvalue weighted by atomic mass is 14.5. The third-order valence-corrected chi connectivity index (χ3v) is 1.70. The molecular formula is C9H19N. The normalized spacial score (nSPS) is 13.1. The molecule has 0 aromatic rings. The molecule has 0 spiro atoms. The van der Waals surface area contributed by atoms with Gasteiger partial charge < -0.3 is 5.73 Å². The molecule has 0 heterocycles. The van der Waals surface area contributed by atoms with Gasteiger partial charge in [0.2, 0.25) is 0 Å². The van der Waals surface area contributed by atoms with Gasteiger partial charge in [0.25, 0.3) is 0 Å². The predicted molar refractivity (Wildman–Crippen MR) is 46.9 cm³/mol. The third kappa shape index (κ3) is 5.83. The van der Waals surface area contributed by atoms with Gasteiger partial charge in [0.1, 0.15) is 0 Å². The van der Waals surface area contributed by atoms with Crippen LogP contribution in [-0.2, 0) is 0 Å². The number of hydrogen-bond acceptors (Lipinski definition) is 1. The van der Waals surface area contributed by atoms with Gasteiger partial charge in [-0.1, -0.05) is 12.5 Å². The number of nitrogens with two attached hydrogens (primary N) is 1. The van der Waals surface area contributed by atoms with Gasteiger partial charge in [-0.25, -0.2) is 0 Å². The van der Waals surface area contributed by atoms with Crippen LogP contribution in [0, 0.1) is 5.92 Å². The van der Waals surface area contributed by atoms with Crippen LogP contribution in [0.1, 0.15) is 33.1 Å². The minimum absolute atomic E-state index is 0.680. The Bertz CT molecular complexity index is 96.9. The Kier molecular flexibility index (Phi) is 5.32. The van der Waals surface area contributed by atoms with E-state index >= 15 is 0 Å². The van der Waals surface area contributed by atoms with Gasteiger partial charge in [-0.15, -0.1) is 6.58 Å². The Morgan fingerprint density at radius 1 is 1.60 bits per heavy atom. The fourth-order valence-corrected chi connectivity index (χ4v) is 0.870. The molecule has 0 aliphatic carbocycles. The van der Waals surface area contributed by atoms with E-state index in [0.717, 1.165) is 13.0 Å². The van der Waals surface area contributed by atoms with E-state index in [1.54, 1.807) is 0 Å². The van der Waals surface area contributed by atoms with Gasteiger partial charge in [0, 0.05) is 0 Å². The molecule has 0 rings (SSSR count). The molecule has 0 amide bonds. The Labute approximate surface area is 64.3 Å². The molecule has 0 radical (unpaired) electrons. The highest BCUT2D eigenvalue weighted by Crippen LogP contribution is 2.09. The Morgan fingerprint density at radius 2 is 2.20 bits per heavy atom. The minimum Gasteiger partial charge on any atom is -0.330 e. The molecule has 0 aliphatic rings. The van der Waals surface area contributed by atoms with E-state index in [4.69, 9.17) is 5.73 Å². The third-order valence-electron chi connectivity index (χ3n) is 1.70. The molecule has 0 aliphatic heterocycles. The zero-order valence-corrected chi connectivity index (χ0v) is 7.19. The molecule has 1 atom stereocenters. The summed E-state index contributed by atoms with van der Waals surface area (Å²) in [6, 6.07) is 0. The van der Waals surface area contributed by atoms with Crippen LogP contribution in [0.2, 0.25) is 0 Å². The van der Waals surface area contributed by atoms with E-state index in [9.17, 15) is 0 Å². The maximum Gasteiger partial charge on any atom is -0.00515 e. The first kappa shape index (κ1) is 9.70. The average molecular weight is 141 g/mol. The highest BCUT2D eigenvalue weighted by molar-refractivity contribution is 4.87. The predicted octanol–water partition coefficient (Wildman–Crippen LogP) is 2.33. The molecule has 0 saturated heterocycles. The molecule has 0 aromatic heterocycles. The molecule has 1 nitrogen and oxygen atoms in total. The van der Waals surface area contributed by atoms with Crippen molar-refractivity contribution in [3.63, 3.8) is 0 Å². The van der Waals surface area contributed by atoms with Gasteiger partial charge in [0.15, 0.2) is 0 Å². The molecule has 0 saturated carbocycles. The molecule has 1 unspecified atom stereocenters. The number of hydrogen-bond donors (Lipinski definition) is 1. The lowest BCUT2D eigenvalue weighted by molar-refractivity contribution is 0.520. The van der Waals surface area contributed by atoms with Crippen molar-refractivity contribution in [2.24, 2.45) is 11.7 Å². The lowest BCUT2D eigenvalue weighted by Crippen LogP contribution is -2.10. The summed E-state index contributed by atoms with van der Waals surface area (Å²) < 4.78 is 0. The molecule has 0 aromatic carbocycles. The average Bonchev–Trinajstić information content (AvgIpc) is 1.87. The summed E-state index contributed by atoms with van der Waals surface area (Å²) in [4.78, 5) is 0. The second kappa shape index (κ2) is 5.48. The largest absolute Gasteiger partial charge is 0.330 e. The van der Waals surface area contributed by atoms with Crippen LogP contribution < -0.4 is 5.73 Å². The second-order valence-corrected chi connectivity index (χ2v) is 3.19. The van der Waals surface area contributed by atoms with Crippen LogP contribution in [0.25, 0.3) is 0 Å². The first-order valence-corrected chi connectivity index (χ1v) is 4.01. The topological polar surface area (TPSA) is 26.0 Å². The van der Waals surface area contributed by atoms with Crippen LogP contribution in [0.3, 0.4) is 0 Å². The first-order chi connectivity index (χ1) is 4.66.